The number of halogens is 1. The van der Waals surface area contributed by atoms with Gasteiger partial charge in [0.25, 0.3) is 5.91 Å². The Morgan fingerprint density at radius 3 is 2.62 bits per heavy atom. The van der Waals surface area contributed by atoms with Gasteiger partial charge in [-0.15, -0.1) is 0 Å². The molecule has 0 unspecified atom stereocenters. The third-order valence-electron chi connectivity index (χ3n) is 2.92. The maximum absolute atomic E-state index is 13.6. The van der Waals surface area contributed by atoms with Crippen LogP contribution in [0.4, 0.5) is 15.8 Å². The van der Waals surface area contributed by atoms with E-state index >= 15 is 0 Å². The lowest BCUT2D eigenvalue weighted by molar-refractivity contribution is 0.0698. The number of nitrogens with zero attached hydrogens (tertiary/aromatic N) is 2. The molecule has 1 amide bonds. The van der Waals surface area contributed by atoms with Gasteiger partial charge in [-0.1, -0.05) is 0 Å². The number of anilines is 2. The molecule has 2 rings (SSSR count). The molecule has 1 aromatic carbocycles. The van der Waals surface area contributed by atoms with Crippen LogP contribution in [-0.2, 0) is 0 Å². The van der Waals surface area contributed by atoms with Crippen LogP contribution < -0.4 is 10.6 Å². The molecule has 0 saturated carbocycles. The molecule has 0 bridgehead atoms. The van der Waals surface area contributed by atoms with Gasteiger partial charge in [-0.2, -0.15) is 0 Å². The van der Waals surface area contributed by atoms with Crippen LogP contribution in [0, 0.1) is 5.82 Å². The Kier molecular flexibility index (Phi) is 3.84. The molecule has 0 atom stereocenters. The van der Waals surface area contributed by atoms with Gasteiger partial charge in [0.1, 0.15) is 0 Å². The summed E-state index contributed by atoms with van der Waals surface area (Å²) in [6, 6.07) is 5.33. The number of carbonyl (C=O) groups excluding carboxylic acids is 1. The SMILES string of the molecule is CN(C(=O)c1ccncc1F)c1ccc(N)cc1C(=O)O. The van der Waals surface area contributed by atoms with Crippen molar-refractivity contribution in [3.63, 3.8) is 0 Å². The molecule has 1 aromatic heterocycles. The molecule has 0 radical (unpaired) electrons. The van der Waals surface area contributed by atoms with Crippen molar-refractivity contribution in [2.24, 2.45) is 0 Å². The highest BCUT2D eigenvalue weighted by atomic mass is 19.1. The maximum Gasteiger partial charge on any atom is 0.337 e. The number of carboxylic acid groups (broad SMARTS) is 1. The Bertz CT molecular complexity index is 718. The Balaban J connectivity index is 2.45. The van der Waals surface area contributed by atoms with Crippen molar-refractivity contribution in [3.8, 4) is 0 Å². The maximum atomic E-state index is 13.6. The molecule has 2 aromatic rings. The summed E-state index contributed by atoms with van der Waals surface area (Å²) in [5.74, 6) is -2.68. The van der Waals surface area contributed by atoms with E-state index in [0.29, 0.717) is 0 Å². The second-order valence-electron chi connectivity index (χ2n) is 4.30. The van der Waals surface area contributed by atoms with Crippen molar-refractivity contribution < 1.29 is 19.1 Å². The van der Waals surface area contributed by atoms with Crippen molar-refractivity contribution in [3.05, 3.63) is 53.6 Å². The molecule has 3 N–H and O–H groups in total. The van der Waals surface area contributed by atoms with Crippen LogP contribution in [0.3, 0.4) is 0 Å². The summed E-state index contributed by atoms with van der Waals surface area (Å²) in [6.45, 7) is 0. The highest BCUT2D eigenvalue weighted by Crippen LogP contribution is 2.24. The van der Waals surface area contributed by atoms with E-state index in [-0.39, 0.29) is 22.5 Å². The van der Waals surface area contributed by atoms with Gasteiger partial charge in [-0.3, -0.25) is 9.78 Å². The Morgan fingerprint density at radius 1 is 1.29 bits per heavy atom. The summed E-state index contributed by atoms with van der Waals surface area (Å²) in [7, 11) is 1.36. The van der Waals surface area contributed by atoms with E-state index in [2.05, 4.69) is 4.98 Å². The number of carbonyl (C=O) groups is 2. The lowest BCUT2D eigenvalue weighted by Crippen LogP contribution is -2.28. The largest absolute Gasteiger partial charge is 0.478 e. The van der Waals surface area contributed by atoms with E-state index in [9.17, 15) is 14.0 Å². The van der Waals surface area contributed by atoms with Crippen LogP contribution in [0.15, 0.2) is 36.7 Å². The molecule has 108 valence electrons. The normalized spacial score (nSPS) is 10.2. The Labute approximate surface area is 119 Å². The molecule has 0 aliphatic rings. The van der Waals surface area contributed by atoms with E-state index in [4.69, 9.17) is 10.8 Å². The first-order valence-electron chi connectivity index (χ1n) is 5.92. The van der Waals surface area contributed by atoms with Crippen LogP contribution >= 0.6 is 0 Å². The van der Waals surface area contributed by atoms with Crippen molar-refractivity contribution >= 4 is 23.3 Å². The van der Waals surface area contributed by atoms with E-state index in [1.807, 2.05) is 0 Å². The number of aromatic nitrogens is 1. The van der Waals surface area contributed by atoms with Gasteiger partial charge in [0.15, 0.2) is 5.82 Å². The van der Waals surface area contributed by atoms with Gasteiger partial charge in [-0.25, -0.2) is 9.18 Å². The lowest BCUT2D eigenvalue weighted by atomic mass is 10.1. The highest BCUT2D eigenvalue weighted by Gasteiger charge is 2.21. The first-order valence-corrected chi connectivity index (χ1v) is 5.92. The van der Waals surface area contributed by atoms with Crippen LogP contribution in [0.5, 0.6) is 0 Å². The fraction of sp³-hybridized carbons (Fsp3) is 0.0714. The fourth-order valence-corrected chi connectivity index (χ4v) is 1.86. The molecule has 0 aliphatic heterocycles. The molecule has 0 saturated heterocycles. The van der Waals surface area contributed by atoms with Gasteiger partial charge in [0.2, 0.25) is 0 Å². The predicted octanol–water partition coefficient (Wildman–Crippen LogP) is 1.78. The second-order valence-corrected chi connectivity index (χ2v) is 4.30. The molecule has 0 fully saturated rings. The Morgan fingerprint density at radius 2 is 2.00 bits per heavy atom. The minimum absolute atomic E-state index is 0.123. The van der Waals surface area contributed by atoms with Crippen LogP contribution in [0.1, 0.15) is 20.7 Å². The molecular formula is C14H12FN3O3. The van der Waals surface area contributed by atoms with Gasteiger partial charge in [0, 0.05) is 18.9 Å². The standard InChI is InChI=1S/C14H12FN3O3/c1-18(13(19)9-4-5-17-7-11(9)15)12-3-2-8(16)6-10(12)14(20)21/h2-7H,16H2,1H3,(H,20,21). The van der Waals surface area contributed by atoms with E-state index in [1.54, 1.807) is 0 Å². The zero-order valence-electron chi connectivity index (χ0n) is 11.1. The summed E-state index contributed by atoms with van der Waals surface area (Å²) in [5.41, 5.74) is 5.59. The van der Waals surface area contributed by atoms with E-state index < -0.39 is 17.7 Å². The second kappa shape index (κ2) is 5.58. The molecule has 7 heteroatoms. The summed E-state index contributed by atoms with van der Waals surface area (Å²) in [4.78, 5) is 28.1. The number of nitrogen functional groups attached to an aromatic ring is 1. The quantitative estimate of drug-likeness (QED) is 0.839. The number of amides is 1. The number of nitrogens with two attached hydrogens (primary N) is 1. The number of pyridine rings is 1. The first kappa shape index (κ1) is 14.4. The summed E-state index contributed by atoms with van der Waals surface area (Å²) in [5, 5.41) is 9.17. The zero-order chi connectivity index (χ0) is 15.6. The third-order valence-corrected chi connectivity index (χ3v) is 2.92. The zero-order valence-corrected chi connectivity index (χ0v) is 11.1. The minimum atomic E-state index is -1.23. The number of rotatable bonds is 3. The molecule has 0 spiro atoms. The first-order chi connectivity index (χ1) is 9.91. The fourth-order valence-electron chi connectivity index (χ4n) is 1.86. The number of hydrogen-bond donors (Lipinski definition) is 2. The van der Waals surface area contributed by atoms with Gasteiger partial charge < -0.3 is 15.7 Å². The smallest absolute Gasteiger partial charge is 0.337 e. The van der Waals surface area contributed by atoms with Gasteiger partial charge in [0.05, 0.1) is 23.0 Å². The average Bonchev–Trinajstić information content (AvgIpc) is 2.46. The Hall–Kier alpha value is -2.96. The average molecular weight is 289 g/mol. The number of carboxylic acids is 1. The van der Waals surface area contributed by atoms with Crippen LogP contribution in [0.2, 0.25) is 0 Å². The molecule has 21 heavy (non-hydrogen) atoms. The predicted molar refractivity (Wildman–Crippen MR) is 74.7 cm³/mol. The highest BCUT2D eigenvalue weighted by molar-refractivity contribution is 6.09. The van der Waals surface area contributed by atoms with Gasteiger partial charge >= 0.3 is 5.97 Å². The molecule has 6 nitrogen and oxygen atoms in total. The molecular weight excluding hydrogens is 277 g/mol. The summed E-state index contributed by atoms with van der Waals surface area (Å²) >= 11 is 0. The monoisotopic (exact) mass is 289 g/mol. The lowest BCUT2D eigenvalue weighted by Gasteiger charge is -2.20. The summed E-state index contributed by atoms with van der Waals surface area (Å²) in [6.07, 6.45) is 2.20. The number of aromatic carboxylic acids is 1. The van der Waals surface area contributed by atoms with Crippen molar-refractivity contribution in [2.45, 2.75) is 0 Å². The van der Waals surface area contributed by atoms with Crippen molar-refractivity contribution in [1.82, 2.24) is 4.98 Å². The molecule has 0 aliphatic carbocycles. The number of hydrogen-bond acceptors (Lipinski definition) is 4. The van der Waals surface area contributed by atoms with Crippen LogP contribution in [-0.4, -0.2) is 29.0 Å². The van der Waals surface area contributed by atoms with Crippen molar-refractivity contribution in [2.75, 3.05) is 17.7 Å². The van der Waals surface area contributed by atoms with Crippen LogP contribution in [0.25, 0.3) is 0 Å². The van der Waals surface area contributed by atoms with E-state index in [0.717, 1.165) is 11.1 Å². The van der Waals surface area contributed by atoms with Crippen molar-refractivity contribution in [1.29, 1.82) is 0 Å². The topological polar surface area (TPSA) is 96.5 Å². The minimum Gasteiger partial charge on any atom is -0.478 e. The summed E-state index contributed by atoms with van der Waals surface area (Å²) < 4.78 is 13.6. The molecule has 1 heterocycles. The third kappa shape index (κ3) is 2.81. The van der Waals surface area contributed by atoms with Gasteiger partial charge in [-0.05, 0) is 24.3 Å². The van der Waals surface area contributed by atoms with E-state index in [1.165, 1.54) is 37.5 Å². The number of benzene rings is 1.